The molecular weight excluding hydrogens is 362 g/mol. The summed E-state index contributed by atoms with van der Waals surface area (Å²) in [6.45, 7) is 1.73. The van der Waals surface area contributed by atoms with Gasteiger partial charge in [-0.25, -0.2) is 4.79 Å². The van der Waals surface area contributed by atoms with Crippen LogP contribution in [0.3, 0.4) is 0 Å². The number of amides is 1. The van der Waals surface area contributed by atoms with Crippen molar-refractivity contribution in [3.8, 4) is 11.8 Å². The molecule has 2 rings (SSSR count). The third-order valence-corrected chi connectivity index (χ3v) is 4.96. The number of aliphatic hydroxyl groups excluding tert-OH is 2. The summed E-state index contributed by atoms with van der Waals surface area (Å²) in [5.74, 6) is 5.09. The van der Waals surface area contributed by atoms with Crippen molar-refractivity contribution in [3.63, 3.8) is 0 Å². The molecular formula is C21H27NO6. The van der Waals surface area contributed by atoms with Crippen molar-refractivity contribution in [2.45, 2.75) is 43.9 Å². The Balaban J connectivity index is 2.08. The Hall–Kier alpha value is -2.40. The lowest BCUT2D eigenvalue weighted by Crippen LogP contribution is -2.63. The van der Waals surface area contributed by atoms with Gasteiger partial charge in [-0.05, 0) is 43.0 Å². The Labute approximate surface area is 165 Å². The summed E-state index contributed by atoms with van der Waals surface area (Å²) >= 11 is 0. The average molecular weight is 389 g/mol. The second-order valence-electron chi connectivity index (χ2n) is 7.13. The molecule has 0 spiro atoms. The van der Waals surface area contributed by atoms with Gasteiger partial charge in [0, 0.05) is 24.7 Å². The number of aliphatic hydroxyl groups is 2. The Kier molecular flexibility index (Phi) is 7.58. The Bertz CT molecular complexity index is 742. The van der Waals surface area contributed by atoms with Gasteiger partial charge in [-0.3, -0.25) is 4.79 Å². The summed E-state index contributed by atoms with van der Waals surface area (Å²) in [5.41, 5.74) is 0.307. The second-order valence-corrected chi connectivity index (χ2v) is 7.13. The molecule has 1 aromatic rings. The predicted molar refractivity (Wildman–Crippen MR) is 102 cm³/mol. The number of nitrogens with one attached hydrogen (secondary N) is 1. The Morgan fingerprint density at radius 2 is 1.93 bits per heavy atom. The summed E-state index contributed by atoms with van der Waals surface area (Å²) in [6.07, 6.45) is 0.627. The highest BCUT2D eigenvalue weighted by molar-refractivity contribution is 5.97. The Morgan fingerprint density at radius 1 is 1.29 bits per heavy atom. The third-order valence-electron chi connectivity index (χ3n) is 4.96. The van der Waals surface area contributed by atoms with Gasteiger partial charge < -0.3 is 25.0 Å². The van der Waals surface area contributed by atoms with E-state index in [0.29, 0.717) is 29.9 Å². The van der Waals surface area contributed by atoms with Crippen LogP contribution in [0.4, 0.5) is 0 Å². The molecule has 0 aliphatic heterocycles. The largest absolute Gasteiger partial charge is 0.467 e. The van der Waals surface area contributed by atoms with Gasteiger partial charge in [0.2, 0.25) is 0 Å². The fourth-order valence-corrected chi connectivity index (χ4v) is 3.42. The molecule has 1 aromatic carbocycles. The monoisotopic (exact) mass is 389 g/mol. The van der Waals surface area contributed by atoms with Gasteiger partial charge in [0.25, 0.3) is 5.91 Å². The van der Waals surface area contributed by atoms with Gasteiger partial charge >= 0.3 is 5.97 Å². The SMILES string of the molecule is COC(=O)C(NC(=O)c1ccc(C#CCC(O)CO)cc1)C1(OC)CC(C)C1. The smallest absolute Gasteiger partial charge is 0.331 e. The van der Waals surface area contributed by atoms with Crippen molar-refractivity contribution in [2.24, 2.45) is 5.92 Å². The lowest BCUT2D eigenvalue weighted by molar-refractivity contribution is -0.166. The van der Waals surface area contributed by atoms with E-state index in [1.54, 1.807) is 24.3 Å². The molecule has 7 nitrogen and oxygen atoms in total. The van der Waals surface area contributed by atoms with Crippen LogP contribution < -0.4 is 5.32 Å². The number of rotatable bonds is 7. The molecule has 28 heavy (non-hydrogen) atoms. The minimum Gasteiger partial charge on any atom is -0.467 e. The van der Waals surface area contributed by atoms with E-state index in [1.807, 2.05) is 0 Å². The first-order valence-electron chi connectivity index (χ1n) is 9.17. The average Bonchev–Trinajstić information content (AvgIpc) is 2.69. The lowest BCUT2D eigenvalue weighted by Gasteiger charge is -2.48. The van der Waals surface area contributed by atoms with Crippen LogP contribution in [0, 0.1) is 17.8 Å². The molecule has 1 fully saturated rings. The van der Waals surface area contributed by atoms with E-state index in [-0.39, 0.29) is 13.0 Å². The van der Waals surface area contributed by atoms with Crippen LogP contribution in [0.2, 0.25) is 0 Å². The highest BCUT2D eigenvalue weighted by Crippen LogP contribution is 2.43. The number of carbonyl (C=O) groups excluding carboxylic acids is 2. The fraction of sp³-hybridized carbons (Fsp3) is 0.524. The van der Waals surface area contributed by atoms with Crippen LogP contribution >= 0.6 is 0 Å². The number of methoxy groups -OCH3 is 2. The van der Waals surface area contributed by atoms with E-state index >= 15 is 0 Å². The summed E-state index contributed by atoms with van der Waals surface area (Å²) in [5, 5.41) is 20.8. The number of hydrogen-bond acceptors (Lipinski definition) is 6. The Morgan fingerprint density at radius 3 is 2.43 bits per heavy atom. The van der Waals surface area contributed by atoms with E-state index in [2.05, 4.69) is 24.1 Å². The van der Waals surface area contributed by atoms with E-state index in [9.17, 15) is 14.7 Å². The molecule has 2 unspecified atom stereocenters. The fourth-order valence-electron chi connectivity index (χ4n) is 3.42. The maximum Gasteiger partial charge on any atom is 0.331 e. The maximum atomic E-state index is 12.6. The lowest BCUT2D eigenvalue weighted by atomic mass is 9.67. The summed E-state index contributed by atoms with van der Waals surface area (Å²) in [4.78, 5) is 24.9. The topological polar surface area (TPSA) is 105 Å². The van der Waals surface area contributed by atoms with Gasteiger partial charge in [-0.2, -0.15) is 0 Å². The first kappa shape index (κ1) is 21.9. The number of esters is 1. The van der Waals surface area contributed by atoms with Crippen LogP contribution in [-0.2, 0) is 14.3 Å². The van der Waals surface area contributed by atoms with Crippen LogP contribution in [-0.4, -0.2) is 60.7 Å². The molecule has 1 aliphatic rings. The first-order valence-corrected chi connectivity index (χ1v) is 9.17. The van der Waals surface area contributed by atoms with Crippen molar-refractivity contribution in [1.29, 1.82) is 0 Å². The van der Waals surface area contributed by atoms with E-state index in [0.717, 1.165) is 0 Å². The zero-order valence-corrected chi connectivity index (χ0v) is 16.4. The number of hydrogen-bond donors (Lipinski definition) is 3. The molecule has 1 aliphatic carbocycles. The van der Waals surface area contributed by atoms with Gasteiger partial charge in [0.15, 0.2) is 6.04 Å². The molecule has 2 atom stereocenters. The van der Waals surface area contributed by atoms with E-state index in [1.165, 1.54) is 14.2 Å². The molecule has 1 amide bonds. The molecule has 7 heteroatoms. The minimum absolute atomic E-state index is 0.164. The van der Waals surface area contributed by atoms with Crippen LogP contribution in [0.1, 0.15) is 42.1 Å². The minimum atomic E-state index is -0.884. The zero-order chi connectivity index (χ0) is 20.7. The highest BCUT2D eigenvalue weighted by atomic mass is 16.5. The molecule has 0 aromatic heterocycles. The molecule has 0 bridgehead atoms. The number of benzene rings is 1. The molecule has 0 radical (unpaired) electrons. The van der Waals surface area contributed by atoms with E-state index in [4.69, 9.17) is 14.6 Å². The first-order chi connectivity index (χ1) is 13.3. The standard InChI is InChI=1S/C21H27NO6/c1-14-11-21(12-14,28-3)18(20(26)27-2)22-19(25)16-9-7-15(8-10-16)5-4-6-17(24)13-23/h7-10,14,17-18,23-24H,6,11-13H2,1-3H3,(H,22,25). The van der Waals surface area contributed by atoms with Gasteiger partial charge in [-0.15, -0.1) is 0 Å². The zero-order valence-electron chi connectivity index (χ0n) is 16.4. The van der Waals surface area contributed by atoms with Crippen LogP contribution in [0.25, 0.3) is 0 Å². The van der Waals surface area contributed by atoms with Gasteiger partial charge in [0.1, 0.15) is 0 Å². The third kappa shape index (κ3) is 5.10. The molecule has 1 saturated carbocycles. The van der Waals surface area contributed by atoms with E-state index < -0.39 is 29.6 Å². The molecule has 3 N–H and O–H groups in total. The molecule has 152 valence electrons. The van der Waals surface area contributed by atoms with Crippen LogP contribution in [0.15, 0.2) is 24.3 Å². The molecule has 0 heterocycles. The summed E-state index contributed by atoms with van der Waals surface area (Å²) < 4.78 is 10.5. The predicted octanol–water partition coefficient (Wildman–Crippen LogP) is 0.868. The van der Waals surface area contributed by atoms with Crippen molar-refractivity contribution >= 4 is 11.9 Å². The number of ether oxygens (including phenoxy) is 2. The summed E-state index contributed by atoms with van der Waals surface area (Å²) in [7, 11) is 2.82. The van der Waals surface area contributed by atoms with Crippen molar-refractivity contribution in [2.75, 3.05) is 20.8 Å². The van der Waals surface area contributed by atoms with Crippen molar-refractivity contribution in [1.82, 2.24) is 5.32 Å². The highest BCUT2D eigenvalue weighted by Gasteiger charge is 2.52. The summed E-state index contributed by atoms with van der Waals surface area (Å²) in [6, 6.07) is 5.69. The quantitative estimate of drug-likeness (QED) is 0.472. The van der Waals surface area contributed by atoms with Crippen LogP contribution in [0.5, 0.6) is 0 Å². The van der Waals surface area contributed by atoms with Gasteiger partial charge in [-0.1, -0.05) is 18.8 Å². The number of carbonyl (C=O) groups is 2. The van der Waals surface area contributed by atoms with Crippen molar-refractivity contribution < 1.29 is 29.3 Å². The second kappa shape index (κ2) is 9.69. The maximum absolute atomic E-state index is 12.6. The van der Waals surface area contributed by atoms with Gasteiger partial charge in [0.05, 0.1) is 25.4 Å². The normalized spacial score (nSPS) is 22.8. The molecule has 0 saturated heterocycles. The van der Waals surface area contributed by atoms with Crippen molar-refractivity contribution in [3.05, 3.63) is 35.4 Å².